The molecule has 3 nitrogen and oxygen atoms in total. The fraction of sp³-hybridized carbons (Fsp3) is 0.647. The van der Waals surface area contributed by atoms with Crippen molar-refractivity contribution < 1.29 is 4.74 Å². The van der Waals surface area contributed by atoms with E-state index in [1.165, 1.54) is 30.8 Å². The lowest BCUT2D eigenvalue weighted by Crippen LogP contribution is -2.44. The fourth-order valence-corrected chi connectivity index (χ4v) is 2.79. The van der Waals surface area contributed by atoms with E-state index in [9.17, 15) is 0 Å². The second-order valence-corrected chi connectivity index (χ2v) is 6.36. The maximum atomic E-state index is 5.31. The van der Waals surface area contributed by atoms with Gasteiger partial charge in [0, 0.05) is 45.2 Å². The largest absolute Gasteiger partial charge is 0.384 e. The molecule has 1 heterocycles. The van der Waals surface area contributed by atoms with Gasteiger partial charge in [0.05, 0.1) is 6.61 Å². The van der Waals surface area contributed by atoms with Crippen molar-refractivity contribution in [2.75, 3.05) is 46.4 Å². The van der Waals surface area contributed by atoms with Crippen molar-refractivity contribution in [3.63, 3.8) is 0 Å². The highest BCUT2D eigenvalue weighted by molar-refractivity contribution is 5.28. The summed E-state index contributed by atoms with van der Waals surface area (Å²) in [6.07, 6.45) is 1.14. The number of rotatable bonds is 6. The first kappa shape index (κ1) is 15.5. The second-order valence-electron chi connectivity index (χ2n) is 6.36. The van der Waals surface area contributed by atoms with E-state index >= 15 is 0 Å². The number of piperazine rings is 1. The van der Waals surface area contributed by atoms with E-state index in [1.807, 2.05) is 0 Å². The van der Waals surface area contributed by atoms with E-state index in [-0.39, 0.29) is 5.41 Å². The summed E-state index contributed by atoms with van der Waals surface area (Å²) in [5.74, 6) is 0. The van der Waals surface area contributed by atoms with Gasteiger partial charge >= 0.3 is 0 Å². The molecule has 112 valence electrons. The fourth-order valence-electron chi connectivity index (χ4n) is 2.79. The van der Waals surface area contributed by atoms with Crippen LogP contribution in [0.4, 0.5) is 0 Å². The topological polar surface area (TPSA) is 24.5 Å². The smallest absolute Gasteiger partial charge is 0.0553 e. The number of methoxy groups -OCH3 is 1. The Kier molecular flexibility index (Phi) is 5.58. The van der Waals surface area contributed by atoms with Crippen molar-refractivity contribution in [2.45, 2.75) is 25.7 Å². The van der Waals surface area contributed by atoms with E-state index in [2.05, 4.69) is 48.3 Å². The highest BCUT2D eigenvalue weighted by Gasteiger charge is 2.20. The average Bonchev–Trinajstić information content (AvgIpc) is 2.47. The molecule has 2 rings (SSSR count). The lowest BCUT2D eigenvalue weighted by Gasteiger charge is -2.27. The van der Waals surface area contributed by atoms with Gasteiger partial charge in [0.2, 0.25) is 0 Å². The molecule has 1 aromatic carbocycles. The van der Waals surface area contributed by atoms with E-state index in [0.29, 0.717) is 0 Å². The maximum absolute atomic E-state index is 5.31. The van der Waals surface area contributed by atoms with Crippen LogP contribution in [-0.2, 0) is 16.6 Å². The molecule has 1 aromatic rings. The minimum atomic E-state index is 0.0891. The summed E-state index contributed by atoms with van der Waals surface area (Å²) in [7, 11) is 1.77. The molecule has 0 spiro atoms. The van der Waals surface area contributed by atoms with Gasteiger partial charge in [0.25, 0.3) is 0 Å². The van der Waals surface area contributed by atoms with Gasteiger partial charge in [-0.25, -0.2) is 0 Å². The third-order valence-electron chi connectivity index (χ3n) is 4.17. The third-order valence-corrected chi connectivity index (χ3v) is 4.17. The number of nitrogens with zero attached hydrogens (tertiary/aromatic N) is 1. The highest BCUT2D eigenvalue weighted by atomic mass is 16.5. The highest BCUT2D eigenvalue weighted by Crippen LogP contribution is 2.23. The van der Waals surface area contributed by atoms with Crippen LogP contribution in [0.15, 0.2) is 24.3 Å². The van der Waals surface area contributed by atoms with Gasteiger partial charge < -0.3 is 15.0 Å². The Morgan fingerprint density at radius 2 is 1.80 bits per heavy atom. The monoisotopic (exact) mass is 276 g/mol. The molecule has 1 aliphatic heterocycles. The van der Waals surface area contributed by atoms with E-state index in [0.717, 1.165) is 26.1 Å². The molecule has 0 atom stereocenters. The summed E-state index contributed by atoms with van der Waals surface area (Å²) in [6.45, 7) is 11.0. The van der Waals surface area contributed by atoms with Crippen molar-refractivity contribution in [3.05, 3.63) is 35.4 Å². The molecular weight excluding hydrogens is 248 g/mol. The number of nitrogens with one attached hydrogen (secondary N) is 1. The van der Waals surface area contributed by atoms with Crippen LogP contribution >= 0.6 is 0 Å². The Balaban J connectivity index is 1.87. The molecule has 0 amide bonds. The number of benzene rings is 1. The van der Waals surface area contributed by atoms with Crippen molar-refractivity contribution >= 4 is 0 Å². The zero-order valence-electron chi connectivity index (χ0n) is 13.1. The molecular formula is C17H28N2O. The summed E-state index contributed by atoms with van der Waals surface area (Å²) < 4.78 is 5.31. The van der Waals surface area contributed by atoms with Crippen LogP contribution in [0.25, 0.3) is 0 Å². The SMILES string of the molecule is COCC(C)(C)c1ccc(CCN2CCNCC2)cc1. The van der Waals surface area contributed by atoms with Crippen molar-refractivity contribution in [3.8, 4) is 0 Å². The molecule has 1 N–H and O–H groups in total. The molecule has 0 unspecified atom stereocenters. The molecule has 1 saturated heterocycles. The van der Waals surface area contributed by atoms with Crippen molar-refractivity contribution in [2.24, 2.45) is 0 Å². The van der Waals surface area contributed by atoms with Gasteiger partial charge in [-0.3, -0.25) is 0 Å². The molecule has 20 heavy (non-hydrogen) atoms. The van der Waals surface area contributed by atoms with Crippen molar-refractivity contribution in [1.82, 2.24) is 10.2 Å². The minimum Gasteiger partial charge on any atom is -0.384 e. The Morgan fingerprint density at radius 1 is 1.15 bits per heavy atom. The summed E-state index contributed by atoms with van der Waals surface area (Å²) in [6, 6.07) is 9.06. The summed E-state index contributed by atoms with van der Waals surface area (Å²) in [4.78, 5) is 2.54. The molecule has 0 aliphatic carbocycles. The predicted octanol–water partition coefficient (Wildman–Crippen LogP) is 2.06. The van der Waals surface area contributed by atoms with Gasteiger partial charge in [-0.15, -0.1) is 0 Å². The first-order valence-corrected chi connectivity index (χ1v) is 7.63. The minimum absolute atomic E-state index is 0.0891. The van der Waals surface area contributed by atoms with Gasteiger partial charge in [0.15, 0.2) is 0 Å². The van der Waals surface area contributed by atoms with Crippen LogP contribution in [0, 0.1) is 0 Å². The van der Waals surface area contributed by atoms with Gasteiger partial charge in [-0.05, 0) is 17.5 Å². The molecule has 0 bridgehead atoms. The van der Waals surface area contributed by atoms with Gasteiger partial charge in [0.1, 0.15) is 0 Å². The molecule has 0 radical (unpaired) electrons. The number of hydrogen-bond donors (Lipinski definition) is 1. The summed E-state index contributed by atoms with van der Waals surface area (Å²) in [5.41, 5.74) is 2.87. The molecule has 1 fully saturated rings. The van der Waals surface area contributed by atoms with Crippen LogP contribution in [0.5, 0.6) is 0 Å². The Morgan fingerprint density at radius 3 is 2.40 bits per heavy atom. The Labute approximate surface area is 123 Å². The zero-order chi connectivity index (χ0) is 14.4. The molecule has 1 aliphatic rings. The molecule has 0 aromatic heterocycles. The second kappa shape index (κ2) is 7.21. The normalized spacial score (nSPS) is 17.4. The Bertz CT molecular complexity index is 394. The van der Waals surface area contributed by atoms with Crippen LogP contribution in [0.3, 0.4) is 0 Å². The van der Waals surface area contributed by atoms with E-state index in [4.69, 9.17) is 4.74 Å². The first-order chi connectivity index (χ1) is 9.62. The van der Waals surface area contributed by atoms with Crippen LogP contribution in [0.1, 0.15) is 25.0 Å². The molecule has 0 saturated carbocycles. The summed E-state index contributed by atoms with van der Waals surface area (Å²) in [5, 5.41) is 3.40. The van der Waals surface area contributed by atoms with Gasteiger partial charge in [-0.1, -0.05) is 38.1 Å². The lowest BCUT2D eigenvalue weighted by atomic mass is 9.85. The quantitative estimate of drug-likeness (QED) is 0.861. The lowest BCUT2D eigenvalue weighted by molar-refractivity contribution is 0.146. The molecule has 3 heteroatoms. The van der Waals surface area contributed by atoms with Crippen LogP contribution < -0.4 is 5.32 Å². The first-order valence-electron chi connectivity index (χ1n) is 7.63. The average molecular weight is 276 g/mol. The number of ether oxygens (including phenoxy) is 1. The van der Waals surface area contributed by atoms with E-state index in [1.54, 1.807) is 7.11 Å². The van der Waals surface area contributed by atoms with Crippen LogP contribution in [0.2, 0.25) is 0 Å². The van der Waals surface area contributed by atoms with E-state index < -0.39 is 0 Å². The predicted molar refractivity (Wildman–Crippen MR) is 84.4 cm³/mol. The van der Waals surface area contributed by atoms with Crippen molar-refractivity contribution in [1.29, 1.82) is 0 Å². The maximum Gasteiger partial charge on any atom is 0.0553 e. The summed E-state index contributed by atoms with van der Waals surface area (Å²) >= 11 is 0. The standard InChI is InChI=1S/C17H28N2O/c1-17(2,14-20-3)16-6-4-15(5-7-16)8-11-19-12-9-18-10-13-19/h4-7,18H,8-14H2,1-3H3. The van der Waals surface area contributed by atoms with Gasteiger partial charge in [-0.2, -0.15) is 0 Å². The third kappa shape index (κ3) is 4.30. The number of hydrogen-bond acceptors (Lipinski definition) is 3. The zero-order valence-corrected chi connectivity index (χ0v) is 13.1. The Hall–Kier alpha value is -0.900. The van der Waals surface area contributed by atoms with Crippen LogP contribution in [-0.4, -0.2) is 51.3 Å².